The van der Waals surface area contributed by atoms with E-state index in [0.29, 0.717) is 17.9 Å². The average Bonchev–Trinajstić information content (AvgIpc) is 2.79. The largest absolute Gasteiger partial charge is 0.490 e. The molecular formula is C23H23ClF2O5S. The molecule has 4 rings (SSSR count). The van der Waals surface area contributed by atoms with Crippen molar-refractivity contribution in [2.75, 3.05) is 13.2 Å². The lowest BCUT2D eigenvalue weighted by Crippen LogP contribution is -2.52. The van der Waals surface area contributed by atoms with Crippen molar-refractivity contribution in [1.29, 1.82) is 0 Å². The predicted octanol–water partition coefficient (Wildman–Crippen LogP) is 5.05. The van der Waals surface area contributed by atoms with Gasteiger partial charge in [-0.25, -0.2) is 17.2 Å². The standard InChI is InChI=1S/C23H23ClF2O5S/c1-2-20(27)30-12-14-9-10-23(32(28,29)17-5-3-16(24)4-6-17)15(11-14)13-31-22-19(26)8-7-18(25)21(22)23/h3-8,14-15H,2,9-13H2,1H3/t14-,15-,23+/m1/s1. The molecule has 9 heteroatoms. The lowest BCUT2D eigenvalue weighted by atomic mass is 9.69. The Labute approximate surface area is 190 Å². The van der Waals surface area contributed by atoms with Gasteiger partial charge in [0.1, 0.15) is 10.6 Å². The Balaban J connectivity index is 1.83. The Bertz CT molecular complexity index is 1140. The van der Waals surface area contributed by atoms with Gasteiger partial charge in [0.05, 0.1) is 23.7 Å². The van der Waals surface area contributed by atoms with Crippen LogP contribution in [0.5, 0.6) is 5.75 Å². The van der Waals surface area contributed by atoms with E-state index in [1.54, 1.807) is 6.92 Å². The zero-order chi connectivity index (χ0) is 23.1. The van der Waals surface area contributed by atoms with Crippen LogP contribution in [0.1, 0.15) is 38.2 Å². The van der Waals surface area contributed by atoms with Gasteiger partial charge in [0.2, 0.25) is 0 Å². The minimum Gasteiger partial charge on any atom is -0.490 e. The van der Waals surface area contributed by atoms with E-state index in [4.69, 9.17) is 21.1 Å². The zero-order valence-corrected chi connectivity index (χ0v) is 19.0. The molecule has 0 amide bonds. The summed E-state index contributed by atoms with van der Waals surface area (Å²) in [7, 11) is -4.17. The molecule has 0 unspecified atom stereocenters. The third kappa shape index (κ3) is 3.67. The van der Waals surface area contributed by atoms with Crippen LogP contribution in [0.25, 0.3) is 0 Å². The Hall–Kier alpha value is -2.19. The number of esters is 1. The van der Waals surface area contributed by atoms with Gasteiger partial charge in [0, 0.05) is 17.4 Å². The van der Waals surface area contributed by atoms with Crippen LogP contribution in [0.2, 0.25) is 5.02 Å². The van der Waals surface area contributed by atoms with Gasteiger partial charge in [-0.1, -0.05) is 18.5 Å². The Kier molecular flexibility index (Phi) is 6.20. The normalized spacial score (nSPS) is 24.8. The maximum absolute atomic E-state index is 15.2. The van der Waals surface area contributed by atoms with Gasteiger partial charge in [-0.3, -0.25) is 4.79 Å². The number of sulfone groups is 1. The van der Waals surface area contributed by atoms with Crippen molar-refractivity contribution in [3.05, 3.63) is 58.6 Å². The van der Waals surface area contributed by atoms with E-state index in [2.05, 4.69) is 0 Å². The van der Waals surface area contributed by atoms with E-state index >= 15 is 4.39 Å². The predicted molar refractivity (Wildman–Crippen MR) is 114 cm³/mol. The summed E-state index contributed by atoms with van der Waals surface area (Å²) in [4.78, 5) is 11.6. The number of benzene rings is 2. The molecule has 5 nitrogen and oxygen atoms in total. The molecule has 1 saturated carbocycles. The van der Waals surface area contributed by atoms with Crippen molar-refractivity contribution in [1.82, 2.24) is 0 Å². The quantitative estimate of drug-likeness (QED) is 0.555. The van der Waals surface area contributed by atoms with Crippen molar-refractivity contribution in [2.45, 2.75) is 42.2 Å². The summed E-state index contributed by atoms with van der Waals surface area (Å²) in [5, 5.41) is 0.365. The van der Waals surface area contributed by atoms with Gasteiger partial charge in [0.25, 0.3) is 0 Å². The van der Waals surface area contributed by atoms with Crippen LogP contribution < -0.4 is 4.74 Å². The van der Waals surface area contributed by atoms with Crippen molar-refractivity contribution >= 4 is 27.4 Å². The highest BCUT2D eigenvalue weighted by molar-refractivity contribution is 7.92. The van der Waals surface area contributed by atoms with Crippen LogP contribution in [-0.4, -0.2) is 27.6 Å². The molecule has 2 aromatic carbocycles. The van der Waals surface area contributed by atoms with Gasteiger partial charge in [-0.2, -0.15) is 0 Å². The van der Waals surface area contributed by atoms with Crippen LogP contribution in [0.3, 0.4) is 0 Å². The lowest BCUT2D eigenvalue weighted by Gasteiger charge is -2.49. The van der Waals surface area contributed by atoms with E-state index < -0.39 is 32.1 Å². The Morgan fingerprint density at radius 1 is 1.19 bits per heavy atom. The van der Waals surface area contributed by atoms with E-state index in [1.807, 2.05) is 0 Å². The molecule has 1 aliphatic heterocycles. The highest BCUT2D eigenvalue weighted by Gasteiger charge is 2.59. The minimum atomic E-state index is -4.17. The molecule has 2 aliphatic rings. The number of hydrogen-bond donors (Lipinski definition) is 0. The smallest absolute Gasteiger partial charge is 0.305 e. The Morgan fingerprint density at radius 2 is 1.88 bits per heavy atom. The molecule has 32 heavy (non-hydrogen) atoms. The summed E-state index contributed by atoms with van der Waals surface area (Å²) in [6.07, 6.45) is 0.995. The molecule has 0 saturated heterocycles. The number of fused-ring (bicyclic) bond motifs is 3. The molecular weight excluding hydrogens is 462 g/mol. The first kappa shape index (κ1) is 23.0. The van der Waals surface area contributed by atoms with Crippen LogP contribution in [0, 0.1) is 23.5 Å². The number of carbonyl (C=O) groups is 1. The number of ether oxygens (including phenoxy) is 2. The highest BCUT2D eigenvalue weighted by atomic mass is 35.5. The molecule has 2 aromatic rings. The first-order valence-electron chi connectivity index (χ1n) is 10.5. The summed E-state index contributed by atoms with van der Waals surface area (Å²) >= 11 is 5.94. The van der Waals surface area contributed by atoms with E-state index in [9.17, 15) is 17.6 Å². The summed E-state index contributed by atoms with van der Waals surface area (Å²) < 4.78 is 66.9. The number of halogens is 3. The molecule has 172 valence electrons. The first-order valence-corrected chi connectivity index (χ1v) is 12.3. The van der Waals surface area contributed by atoms with Crippen molar-refractivity contribution in [2.24, 2.45) is 11.8 Å². The maximum Gasteiger partial charge on any atom is 0.305 e. The molecule has 0 spiro atoms. The third-order valence-corrected chi connectivity index (χ3v) is 9.33. The number of hydrogen-bond acceptors (Lipinski definition) is 5. The van der Waals surface area contributed by atoms with E-state index in [0.717, 1.165) is 12.1 Å². The van der Waals surface area contributed by atoms with Gasteiger partial charge < -0.3 is 9.47 Å². The topological polar surface area (TPSA) is 69.7 Å². The molecule has 0 aromatic heterocycles. The third-order valence-electron chi connectivity index (χ3n) is 6.48. The average molecular weight is 485 g/mol. The SMILES string of the molecule is CCC(=O)OC[C@@H]1CC[C@@]2(S(=O)(=O)c3ccc(Cl)cc3)c3c(F)ccc(F)c3OC[C@H]2C1. The number of rotatable bonds is 5. The van der Waals surface area contributed by atoms with Crippen molar-refractivity contribution in [3.8, 4) is 5.75 Å². The van der Waals surface area contributed by atoms with Crippen LogP contribution >= 0.6 is 11.6 Å². The van der Waals surface area contributed by atoms with Gasteiger partial charge in [-0.15, -0.1) is 0 Å². The fourth-order valence-corrected chi connectivity index (χ4v) is 7.38. The molecule has 1 fully saturated rings. The molecule has 3 atom stereocenters. The van der Waals surface area contributed by atoms with Gasteiger partial charge in [-0.05, 0) is 61.6 Å². The van der Waals surface area contributed by atoms with Crippen LogP contribution in [0.4, 0.5) is 8.78 Å². The lowest BCUT2D eigenvalue weighted by molar-refractivity contribution is -0.145. The molecule has 1 heterocycles. The fourth-order valence-electron chi connectivity index (χ4n) is 4.89. The first-order chi connectivity index (χ1) is 15.2. The van der Waals surface area contributed by atoms with Crippen LogP contribution in [0.15, 0.2) is 41.3 Å². The summed E-state index contributed by atoms with van der Waals surface area (Å²) in [5.74, 6) is -3.07. The van der Waals surface area contributed by atoms with E-state index in [1.165, 1.54) is 24.3 Å². The fraction of sp³-hybridized carbons (Fsp3) is 0.435. The van der Waals surface area contributed by atoms with Crippen LogP contribution in [-0.2, 0) is 24.1 Å². The molecule has 0 radical (unpaired) electrons. The van der Waals surface area contributed by atoms with Gasteiger partial charge in [0.15, 0.2) is 21.4 Å². The van der Waals surface area contributed by atoms with Gasteiger partial charge >= 0.3 is 5.97 Å². The summed E-state index contributed by atoms with van der Waals surface area (Å²) in [5.41, 5.74) is -0.257. The Morgan fingerprint density at radius 3 is 2.56 bits per heavy atom. The van der Waals surface area contributed by atoms with Crippen molar-refractivity contribution < 1.29 is 31.5 Å². The number of carbonyl (C=O) groups excluding carboxylic acids is 1. The molecule has 0 bridgehead atoms. The molecule has 1 aliphatic carbocycles. The highest BCUT2D eigenvalue weighted by Crippen LogP contribution is 2.57. The maximum atomic E-state index is 15.2. The minimum absolute atomic E-state index is 0.0146. The summed E-state index contributed by atoms with van der Waals surface area (Å²) in [6.45, 7) is 1.76. The zero-order valence-electron chi connectivity index (χ0n) is 17.4. The second-order valence-electron chi connectivity index (χ2n) is 8.27. The second-order valence-corrected chi connectivity index (χ2v) is 10.9. The monoisotopic (exact) mass is 484 g/mol. The molecule has 0 N–H and O–H groups in total. The summed E-state index contributed by atoms with van der Waals surface area (Å²) in [6, 6.07) is 7.55. The van der Waals surface area contributed by atoms with E-state index in [-0.39, 0.29) is 54.2 Å². The van der Waals surface area contributed by atoms with Crippen molar-refractivity contribution in [3.63, 3.8) is 0 Å². The second kappa shape index (κ2) is 8.63.